The van der Waals surface area contributed by atoms with Crippen LogP contribution in [0.15, 0.2) is 247 Å². The molecule has 67 heavy (non-hydrogen) atoms. The number of rotatable bonds is 5. The summed E-state index contributed by atoms with van der Waals surface area (Å²) < 4.78 is 6.86. The first-order chi connectivity index (χ1) is 33.3. The van der Waals surface area contributed by atoms with E-state index in [0.29, 0.717) is 0 Å². The average molecular weight is 849 g/mol. The highest BCUT2D eigenvalue weighted by Gasteiger charge is 2.22. The van der Waals surface area contributed by atoms with Crippen LogP contribution in [0.1, 0.15) is 0 Å². The normalized spacial score (nSPS) is 11.9. The molecule has 14 aromatic rings. The van der Waals surface area contributed by atoms with Crippen LogP contribution < -0.4 is 0 Å². The predicted molar refractivity (Wildman–Crippen MR) is 286 cm³/mol. The molecular weight excluding hydrogens is 809 g/mol. The van der Waals surface area contributed by atoms with Crippen molar-refractivity contribution < 1.29 is 4.42 Å². The van der Waals surface area contributed by atoms with Crippen molar-refractivity contribution in [2.24, 2.45) is 0 Å². The van der Waals surface area contributed by atoms with Gasteiger partial charge in [-0.15, -0.1) is 0 Å². The molecule has 1 heteroatoms. The van der Waals surface area contributed by atoms with Gasteiger partial charge in [-0.25, -0.2) is 0 Å². The van der Waals surface area contributed by atoms with E-state index in [1.807, 2.05) is 0 Å². The molecule has 310 valence electrons. The lowest BCUT2D eigenvalue weighted by Gasteiger charge is -2.19. The van der Waals surface area contributed by atoms with Crippen molar-refractivity contribution in [3.63, 3.8) is 0 Å². The van der Waals surface area contributed by atoms with Gasteiger partial charge in [-0.05, 0) is 145 Å². The number of hydrogen-bond acceptors (Lipinski definition) is 1. The fourth-order valence-electron chi connectivity index (χ4n) is 11.4. The molecule has 0 aliphatic heterocycles. The molecule has 13 aromatic carbocycles. The zero-order valence-electron chi connectivity index (χ0n) is 36.5. The third kappa shape index (κ3) is 5.75. The van der Waals surface area contributed by atoms with E-state index in [9.17, 15) is 0 Å². The van der Waals surface area contributed by atoms with E-state index in [-0.39, 0.29) is 0 Å². The highest BCUT2D eigenvalue weighted by molar-refractivity contribution is 6.27. The molecular formula is C66H40O. The molecule has 14 rings (SSSR count). The van der Waals surface area contributed by atoms with E-state index < -0.39 is 0 Å². The molecule has 0 aliphatic carbocycles. The number of fused-ring (bicyclic) bond motifs is 9. The second-order valence-corrected chi connectivity index (χ2v) is 17.8. The van der Waals surface area contributed by atoms with E-state index in [1.54, 1.807) is 0 Å². The molecule has 0 bridgehead atoms. The van der Waals surface area contributed by atoms with Crippen molar-refractivity contribution >= 4 is 86.6 Å². The topological polar surface area (TPSA) is 13.1 Å². The number of hydrogen-bond donors (Lipinski definition) is 0. The zero-order valence-corrected chi connectivity index (χ0v) is 36.5. The summed E-state index contributed by atoms with van der Waals surface area (Å²) in [6, 6.07) is 88.9. The van der Waals surface area contributed by atoms with Crippen molar-refractivity contribution in [1.29, 1.82) is 0 Å². The quantitative estimate of drug-likeness (QED) is 0.157. The summed E-state index contributed by atoms with van der Waals surface area (Å²) >= 11 is 0. The minimum absolute atomic E-state index is 0.877. The highest BCUT2D eigenvalue weighted by atomic mass is 16.3. The van der Waals surface area contributed by atoms with Crippen LogP contribution in [0, 0.1) is 0 Å². The van der Waals surface area contributed by atoms with E-state index in [1.165, 1.54) is 109 Å². The minimum Gasteiger partial charge on any atom is -0.456 e. The first-order valence-electron chi connectivity index (χ1n) is 23.2. The first-order valence-corrected chi connectivity index (χ1v) is 23.2. The van der Waals surface area contributed by atoms with Crippen LogP contribution in [0.25, 0.3) is 142 Å². The maximum Gasteiger partial charge on any atom is 0.136 e. The van der Waals surface area contributed by atoms with Crippen LogP contribution in [-0.4, -0.2) is 0 Å². The van der Waals surface area contributed by atoms with E-state index >= 15 is 0 Å². The van der Waals surface area contributed by atoms with Gasteiger partial charge < -0.3 is 4.42 Å². The van der Waals surface area contributed by atoms with Gasteiger partial charge in [-0.2, -0.15) is 0 Å². The second kappa shape index (κ2) is 14.9. The standard InChI is InChI=1S/C66H40O/c1-3-23-46-41(17-1)19-14-33-48(46)63-52-27-7-5-25-50(52)62(51-26-6-8-28-53(51)63)45-22-13-21-43(39-45)44-37-38-58-61(40-44)67-60-36-16-35-59(66(58)60)65-56-31-11-9-29-54(56)64(55-30-10-12-32-57(55)65)49-34-15-20-42-18-2-4-24-47(42)49/h1-40H. The molecule has 0 unspecified atom stereocenters. The third-order valence-corrected chi connectivity index (χ3v) is 14.2. The Bertz CT molecular complexity index is 4210. The van der Waals surface area contributed by atoms with Crippen LogP contribution >= 0.6 is 0 Å². The van der Waals surface area contributed by atoms with Crippen LogP contribution in [0.5, 0.6) is 0 Å². The van der Waals surface area contributed by atoms with Crippen molar-refractivity contribution in [2.45, 2.75) is 0 Å². The predicted octanol–water partition coefficient (Wildman–Crippen LogP) is 18.8. The van der Waals surface area contributed by atoms with Crippen molar-refractivity contribution in [3.05, 3.63) is 243 Å². The smallest absolute Gasteiger partial charge is 0.136 e. The molecule has 1 nitrogen and oxygen atoms in total. The van der Waals surface area contributed by atoms with Gasteiger partial charge in [0.15, 0.2) is 0 Å². The Hall–Kier alpha value is -8.78. The van der Waals surface area contributed by atoms with Crippen molar-refractivity contribution in [1.82, 2.24) is 0 Å². The van der Waals surface area contributed by atoms with Gasteiger partial charge in [0, 0.05) is 10.8 Å². The Morgan fingerprint density at radius 1 is 0.209 bits per heavy atom. The number of furan rings is 1. The van der Waals surface area contributed by atoms with Gasteiger partial charge in [0.05, 0.1) is 0 Å². The minimum atomic E-state index is 0.877. The van der Waals surface area contributed by atoms with Gasteiger partial charge in [0.1, 0.15) is 11.2 Å². The van der Waals surface area contributed by atoms with Crippen LogP contribution in [0.2, 0.25) is 0 Å². The monoisotopic (exact) mass is 848 g/mol. The second-order valence-electron chi connectivity index (χ2n) is 17.8. The molecule has 0 N–H and O–H groups in total. The van der Waals surface area contributed by atoms with Gasteiger partial charge >= 0.3 is 0 Å². The van der Waals surface area contributed by atoms with E-state index in [0.717, 1.165) is 33.1 Å². The SMILES string of the molecule is c1cc(-c2ccc3c(c2)oc2cccc(-c4c5ccccc5c(-c5cccc6ccccc56)c5ccccc45)c23)cc(-c2c3ccccc3c(-c3cccc4ccccc34)c3ccccc23)c1. The lowest BCUT2D eigenvalue weighted by Crippen LogP contribution is -1.92. The Balaban J connectivity index is 0.938. The van der Waals surface area contributed by atoms with Gasteiger partial charge in [-0.3, -0.25) is 0 Å². The lowest BCUT2D eigenvalue weighted by atomic mass is 9.84. The summed E-state index contributed by atoms with van der Waals surface area (Å²) in [7, 11) is 0. The Kier molecular flexibility index (Phi) is 8.35. The van der Waals surface area contributed by atoms with Crippen LogP contribution in [-0.2, 0) is 0 Å². The molecule has 1 heterocycles. The summed E-state index contributed by atoms with van der Waals surface area (Å²) in [5.74, 6) is 0. The van der Waals surface area contributed by atoms with Crippen LogP contribution in [0.4, 0.5) is 0 Å². The summed E-state index contributed by atoms with van der Waals surface area (Å²) in [6.45, 7) is 0. The summed E-state index contributed by atoms with van der Waals surface area (Å²) in [5.41, 5.74) is 13.9. The van der Waals surface area contributed by atoms with Crippen LogP contribution in [0.3, 0.4) is 0 Å². The Morgan fingerprint density at radius 3 is 1.10 bits per heavy atom. The maximum absolute atomic E-state index is 6.86. The van der Waals surface area contributed by atoms with Gasteiger partial charge in [-0.1, -0.05) is 218 Å². The molecule has 0 aliphatic rings. The molecule has 0 fully saturated rings. The molecule has 1 aromatic heterocycles. The lowest BCUT2D eigenvalue weighted by molar-refractivity contribution is 0.669. The third-order valence-electron chi connectivity index (χ3n) is 14.2. The van der Waals surface area contributed by atoms with Gasteiger partial charge in [0.25, 0.3) is 0 Å². The van der Waals surface area contributed by atoms with Crippen molar-refractivity contribution in [3.8, 4) is 55.6 Å². The molecule has 0 saturated heterocycles. The fourth-order valence-corrected chi connectivity index (χ4v) is 11.4. The molecule has 0 radical (unpaired) electrons. The molecule has 0 spiro atoms. The van der Waals surface area contributed by atoms with Gasteiger partial charge in [0.2, 0.25) is 0 Å². The molecule has 0 atom stereocenters. The van der Waals surface area contributed by atoms with E-state index in [4.69, 9.17) is 4.42 Å². The molecule has 0 saturated carbocycles. The Labute approximate surface area is 387 Å². The zero-order chi connectivity index (χ0) is 44.0. The summed E-state index contributed by atoms with van der Waals surface area (Å²) in [6.07, 6.45) is 0. The maximum atomic E-state index is 6.86. The fraction of sp³-hybridized carbons (Fsp3) is 0. The molecule has 0 amide bonds. The average Bonchev–Trinajstić information content (AvgIpc) is 3.78. The largest absolute Gasteiger partial charge is 0.456 e. The first kappa shape index (κ1) is 37.6. The summed E-state index contributed by atoms with van der Waals surface area (Å²) in [4.78, 5) is 0. The highest BCUT2D eigenvalue weighted by Crippen LogP contribution is 2.49. The van der Waals surface area contributed by atoms with Crippen molar-refractivity contribution in [2.75, 3.05) is 0 Å². The van der Waals surface area contributed by atoms with E-state index in [2.05, 4.69) is 243 Å². The Morgan fingerprint density at radius 2 is 0.582 bits per heavy atom. The summed E-state index contributed by atoms with van der Waals surface area (Å²) in [5, 5.41) is 17.2. The number of benzene rings is 13.